The maximum Gasteiger partial charge on any atom is 0.0927 e. The highest BCUT2D eigenvalue weighted by atomic mass is 16.5. The van der Waals surface area contributed by atoms with Crippen molar-refractivity contribution in [2.45, 2.75) is 69.6 Å². The van der Waals surface area contributed by atoms with Gasteiger partial charge in [0.1, 0.15) is 0 Å². The molecule has 2 aliphatic rings. The Labute approximate surface area is 134 Å². The summed E-state index contributed by atoms with van der Waals surface area (Å²) in [6.45, 7) is 3.68. The fraction of sp³-hybridized carbons (Fsp3) is 0.684. The van der Waals surface area contributed by atoms with Gasteiger partial charge in [-0.3, -0.25) is 0 Å². The Morgan fingerprint density at radius 1 is 1.09 bits per heavy atom. The number of piperidine rings is 1. The van der Waals surface area contributed by atoms with Crippen molar-refractivity contribution >= 4 is 0 Å². The molecule has 2 fully saturated rings. The van der Waals surface area contributed by atoms with Crippen molar-refractivity contribution < 1.29 is 9.84 Å². The quantitative estimate of drug-likeness (QED) is 0.793. The first kappa shape index (κ1) is 16.0. The minimum Gasteiger partial charge on any atom is -0.385 e. The average Bonchev–Trinajstić information content (AvgIpc) is 2.52. The lowest BCUT2D eigenvalue weighted by molar-refractivity contribution is -0.0802. The van der Waals surface area contributed by atoms with Crippen LogP contribution in [0.15, 0.2) is 24.3 Å². The third-order valence-corrected chi connectivity index (χ3v) is 5.09. The SMILES string of the molecule is CCCCCCc1ccc(C2(O)CC3COCC(C2)N3)cc1. The Kier molecular flexibility index (Phi) is 5.17. The summed E-state index contributed by atoms with van der Waals surface area (Å²) in [7, 11) is 0. The van der Waals surface area contributed by atoms with Gasteiger partial charge in [0.05, 0.1) is 18.8 Å². The number of ether oxygens (including phenoxy) is 1. The highest BCUT2D eigenvalue weighted by Gasteiger charge is 2.42. The Morgan fingerprint density at radius 2 is 1.77 bits per heavy atom. The maximum atomic E-state index is 11.1. The number of aryl methyl sites for hydroxylation is 1. The van der Waals surface area contributed by atoms with Gasteiger partial charge in [0.15, 0.2) is 0 Å². The van der Waals surface area contributed by atoms with Crippen molar-refractivity contribution in [3.8, 4) is 0 Å². The van der Waals surface area contributed by atoms with Crippen LogP contribution >= 0.6 is 0 Å². The van der Waals surface area contributed by atoms with Crippen LogP contribution in [0.25, 0.3) is 0 Å². The highest BCUT2D eigenvalue weighted by molar-refractivity contribution is 5.28. The number of benzene rings is 1. The fourth-order valence-corrected chi connectivity index (χ4v) is 3.89. The molecule has 0 aromatic heterocycles. The molecule has 3 nitrogen and oxygen atoms in total. The first-order chi connectivity index (χ1) is 10.7. The smallest absolute Gasteiger partial charge is 0.0927 e. The zero-order valence-electron chi connectivity index (χ0n) is 13.7. The van der Waals surface area contributed by atoms with Crippen molar-refractivity contribution in [3.63, 3.8) is 0 Å². The molecule has 2 aliphatic heterocycles. The van der Waals surface area contributed by atoms with Gasteiger partial charge in [-0.1, -0.05) is 50.5 Å². The van der Waals surface area contributed by atoms with Crippen molar-refractivity contribution in [2.24, 2.45) is 0 Å². The molecule has 0 radical (unpaired) electrons. The highest BCUT2D eigenvalue weighted by Crippen LogP contribution is 2.36. The van der Waals surface area contributed by atoms with E-state index in [9.17, 15) is 5.11 Å². The third kappa shape index (κ3) is 3.70. The topological polar surface area (TPSA) is 41.5 Å². The summed E-state index contributed by atoms with van der Waals surface area (Å²) in [5.74, 6) is 0. The maximum absolute atomic E-state index is 11.1. The third-order valence-electron chi connectivity index (χ3n) is 5.09. The van der Waals surface area contributed by atoms with Crippen LogP contribution < -0.4 is 5.32 Å². The summed E-state index contributed by atoms with van der Waals surface area (Å²) in [5, 5.41) is 14.6. The Hall–Kier alpha value is -0.900. The van der Waals surface area contributed by atoms with Gasteiger partial charge in [0, 0.05) is 12.1 Å². The lowest BCUT2D eigenvalue weighted by Crippen LogP contribution is -2.58. The van der Waals surface area contributed by atoms with Crippen LogP contribution in [0.5, 0.6) is 0 Å². The lowest BCUT2D eigenvalue weighted by atomic mass is 9.78. The van der Waals surface area contributed by atoms with Crippen molar-refractivity contribution in [1.82, 2.24) is 5.32 Å². The Morgan fingerprint density at radius 3 is 2.41 bits per heavy atom. The van der Waals surface area contributed by atoms with E-state index in [1.54, 1.807) is 0 Å². The minimum atomic E-state index is -0.689. The molecule has 3 heteroatoms. The molecule has 2 atom stereocenters. The fourth-order valence-electron chi connectivity index (χ4n) is 3.89. The van der Waals surface area contributed by atoms with Gasteiger partial charge in [0.2, 0.25) is 0 Å². The molecule has 0 amide bonds. The normalized spacial score (nSPS) is 31.2. The molecule has 0 aliphatic carbocycles. The molecule has 0 spiro atoms. The number of hydrogen-bond acceptors (Lipinski definition) is 3. The summed E-state index contributed by atoms with van der Waals surface area (Å²) >= 11 is 0. The first-order valence-electron chi connectivity index (χ1n) is 8.85. The molecule has 122 valence electrons. The van der Waals surface area contributed by atoms with E-state index in [0.717, 1.165) is 24.8 Å². The molecule has 2 bridgehead atoms. The molecular formula is C19H29NO2. The van der Waals surface area contributed by atoms with Crippen LogP contribution in [0.1, 0.15) is 56.6 Å². The summed E-state index contributed by atoms with van der Waals surface area (Å²) in [6, 6.07) is 9.24. The van der Waals surface area contributed by atoms with Crippen LogP contribution in [-0.2, 0) is 16.8 Å². The van der Waals surface area contributed by atoms with E-state index >= 15 is 0 Å². The van der Waals surface area contributed by atoms with Gasteiger partial charge in [-0.15, -0.1) is 0 Å². The number of nitrogens with one attached hydrogen (secondary N) is 1. The van der Waals surface area contributed by atoms with E-state index < -0.39 is 5.60 Å². The molecule has 22 heavy (non-hydrogen) atoms. The summed E-state index contributed by atoms with van der Waals surface area (Å²) < 4.78 is 5.58. The number of unbranched alkanes of at least 4 members (excludes halogenated alkanes) is 3. The van der Waals surface area contributed by atoms with Gasteiger partial charge < -0.3 is 15.2 Å². The van der Waals surface area contributed by atoms with E-state index in [-0.39, 0.29) is 12.1 Å². The zero-order valence-corrected chi connectivity index (χ0v) is 13.7. The van der Waals surface area contributed by atoms with E-state index in [2.05, 4.69) is 36.5 Å². The van der Waals surface area contributed by atoms with Crippen molar-refractivity contribution in [1.29, 1.82) is 0 Å². The first-order valence-corrected chi connectivity index (χ1v) is 8.85. The summed E-state index contributed by atoms with van der Waals surface area (Å²) in [6.07, 6.45) is 7.85. The average molecular weight is 303 g/mol. The molecule has 2 saturated heterocycles. The standard InChI is InChI=1S/C19H29NO2/c1-2-3-4-5-6-15-7-9-16(10-8-15)19(21)11-17-13-22-14-18(12-19)20-17/h7-10,17-18,20-21H,2-6,11-14H2,1H3. The summed E-state index contributed by atoms with van der Waals surface area (Å²) in [5.41, 5.74) is 1.77. The molecule has 1 aromatic rings. The largest absolute Gasteiger partial charge is 0.385 e. The van der Waals surface area contributed by atoms with E-state index in [4.69, 9.17) is 4.74 Å². The minimum absolute atomic E-state index is 0.284. The van der Waals surface area contributed by atoms with Crippen LogP contribution in [0.3, 0.4) is 0 Å². The second-order valence-corrected chi connectivity index (χ2v) is 7.05. The van der Waals surface area contributed by atoms with Crippen LogP contribution in [0, 0.1) is 0 Å². The monoisotopic (exact) mass is 303 g/mol. The number of morpholine rings is 1. The predicted octanol–water partition coefficient (Wildman–Crippen LogP) is 3.15. The second-order valence-electron chi connectivity index (χ2n) is 7.05. The van der Waals surface area contributed by atoms with Gasteiger partial charge in [0.25, 0.3) is 0 Å². The van der Waals surface area contributed by atoms with Crippen LogP contribution in [0.2, 0.25) is 0 Å². The second kappa shape index (κ2) is 7.12. The number of rotatable bonds is 6. The van der Waals surface area contributed by atoms with Gasteiger partial charge in [-0.25, -0.2) is 0 Å². The lowest BCUT2D eigenvalue weighted by Gasteiger charge is -2.45. The van der Waals surface area contributed by atoms with E-state index in [1.165, 1.54) is 31.2 Å². The number of hydrogen-bond donors (Lipinski definition) is 2. The van der Waals surface area contributed by atoms with E-state index in [0.29, 0.717) is 13.2 Å². The molecule has 1 aromatic carbocycles. The van der Waals surface area contributed by atoms with Crippen LogP contribution in [0.4, 0.5) is 0 Å². The zero-order chi connectivity index (χ0) is 15.4. The molecule has 2 unspecified atom stereocenters. The summed E-state index contributed by atoms with van der Waals surface area (Å²) in [4.78, 5) is 0. The Bertz CT molecular complexity index is 459. The van der Waals surface area contributed by atoms with Gasteiger partial charge in [-0.05, 0) is 36.8 Å². The van der Waals surface area contributed by atoms with Crippen molar-refractivity contribution in [2.75, 3.05) is 13.2 Å². The number of aliphatic hydroxyl groups is 1. The molecule has 3 rings (SSSR count). The van der Waals surface area contributed by atoms with Gasteiger partial charge >= 0.3 is 0 Å². The van der Waals surface area contributed by atoms with E-state index in [1.807, 2.05) is 0 Å². The Balaban J connectivity index is 1.62. The molecule has 2 N–H and O–H groups in total. The predicted molar refractivity (Wildman–Crippen MR) is 88.9 cm³/mol. The molecule has 0 saturated carbocycles. The van der Waals surface area contributed by atoms with Gasteiger partial charge in [-0.2, -0.15) is 0 Å². The molecule has 2 heterocycles. The number of fused-ring (bicyclic) bond motifs is 2. The molecular weight excluding hydrogens is 274 g/mol. The van der Waals surface area contributed by atoms with Crippen LogP contribution in [-0.4, -0.2) is 30.4 Å². The van der Waals surface area contributed by atoms with Crippen molar-refractivity contribution in [3.05, 3.63) is 35.4 Å².